The number of hydrogen-bond donors (Lipinski definition) is 2. The maximum atomic E-state index is 10.9. The fourth-order valence-electron chi connectivity index (χ4n) is 1.87. The number of aliphatic carboxylic acids is 1. The number of benzene rings is 2. The minimum atomic E-state index is -0.997. The van der Waals surface area contributed by atoms with Crippen LogP contribution in [0, 0.1) is 14.3 Å². The van der Waals surface area contributed by atoms with E-state index >= 15 is 0 Å². The number of ether oxygens (including phenoxy) is 1. The van der Waals surface area contributed by atoms with Crippen molar-refractivity contribution in [3.63, 3.8) is 0 Å². The smallest absolute Gasteiger partial charge is 0.320 e. The second-order valence-corrected chi connectivity index (χ2v) is 9.56. The van der Waals surface area contributed by atoms with E-state index in [0.29, 0.717) is 6.42 Å². The average molecular weight is 761 g/mol. The number of carboxylic acids is 1. The number of halogens is 4. The van der Waals surface area contributed by atoms with Gasteiger partial charge in [-0.2, -0.15) is 0 Å². The Morgan fingerprint density at radius 3 is 2.04 bits per heavy atom. The van der Waals surface area contributed by atoms with Crippen LogP contribution in [0.1, 0.15) is 5.56 Å². The monoisotopic (exact) mass is 761 g/mol. The molecule has 0 saturated carbocycles. The van der Waals surface area contributed by atoms with E-state index in [1.807, 2.05) is 24.3 Å². The van der Waals surface area contributed by atoms with Crippen LogP contribution in [0.2, 0.25) is 0 Å². The van der Waals surface area contributed by atoms with E-state index in [-0.39, 0.29) is 0 Å². The van der Waals surface area contributed by atoms with Crippen molar-refractivity contribution < 1.29 is 14.6 Å². The van der Waals surface area contributed by atoms with Crippen LogP contribution in [0.15, 0.2) is 30.3 Å². The van der Waals surface area contributed by atoms with Crippen molar-refractivity contribution in [3.05, 3.63) is 50.2 Å². The summed E-state index contributed by atoms with van der Waals surface area (Å²) in [6.07, 6.45) is 0.294. The van der Waals surface area contributed by atoms with E-state index in [1.54, 1.807) is 0 Å². The molecule has 0 aliphatic heterocycles. The third-order valence-corrected chi connectivity index (χ3v) is 5.74. The molecule has 3 N–H and O–H groups in total. The Morgan fingerprint density at radius 1 is 1.04 bits per heavy atom. The number of hydrogen-bond acceptors (Lipinski definition) is 3. The molecule has 0 radical (unpaired) electrons. The van der Waals surface area contributed by atoms with E-state index in [0.717, 1.165) is 31.3 Å². The second-order valence-electron chi connectivity index (χ2n) is 4.74. The Hall–Kier alpha value is 0.590. The van der Waals surface area contributed by atoms with E-state index in [1.165, 1.54) is 0 Å². The molecule has 122 valence electrons. The van der Waals surface area contributed by atoms with E-state index in [2.05, 4.69) is 96.4 Å². The molecule has 2 rings (SSSR count). The molecule has 1 unspecified atom stereocenters. The predicted octanol–water partition coefficient (Wildman–Crippen LogP) is 4.85. The Morgan fingerprint density at radius 2 is 1.57 bits per heavy atom. The molecule has 0 bridgehead atoms. The second kappa shape index (κ2) is 8.80. The molecule has 0 spiro atoms. The standard InChI is InChI=1S/C15H11I4NO3/c16-8-4-9(17)6-10(5-8)23-14-11(18)1-7(2-12(14)19)3-13(20)15(21)22/h1-2,4-6,13H,3,20H2,(H,21,22). The highest BCUT2D eigenvalue weighted by atomic mass is 127. The molecular formula is C15H11I4NO3. The average Bonchev–Trinajstić information content (AvgIpc) is 2.41. The van der Waals surface area contributed by atoms with Crippen LogP contribution in [0.4, 0.5) is 0 Å². The summed E-state index contributed by atoms with van der Waals surface area (Å²) in [5.41, 5.74) is 6.49. The van der Waals surface area contributed by atoms with Gasteiger partial charge < -0.3 is 15.6 Å². The lowest BCUT2D eigenvalue weighted by atomic mass is 10.1. The van der Waals surface area contributed by atoms with Crippen molar-refractivity contribution >= 4 is 96.3 Å². The van der Waals surface area contributed by atoms with Crippen LogP contribution in [-0.4, -0.2) is 17.1 Å². The summed E-state index contributed by atoms with van der Waals surface area (Å²) in [5.74, 6) is 0.563. The highest BCUT2D eigenvalue weighted by molar-refractivity contribution is 14.1. The maximum Gasteiger partial charge on any atom is 0.320 e. The summed E-state index contributed by atoms with van der Waals surface area (Å²) < 4.78 is 10.1. The first-order chi connectivity index (χ1) is 10.8. The van der Waals surface area contributed by atoms with Crippen LogP contribution in [0.25, 0.3) is 0 Å². The molecule has 0 amide bonds. The number of rotatable bonds is 5. The molecule has 0 heterocycles. The summed E-state index contributed by atoms with van der Waals surface area (Å²) in [5, 5.41) is 8.93. The first-order valence-corrected chi connectivity index (χ1v) is 10.7. The summed E-state index contributed by atoms with van der Waals surface area (Å²) in [6.45, 7) is 0. The van der Waals surface area contributed by atoms with Gasteiger partial charge >= 0.3 is 5.97 Å². The molecule has 0 saturated heterocycles. The van der Waals surface area contributed by atoms with E-state index in [9.17, 15) is 4.79 Å². The van der Waals surface area contributed by atoms with Crippen LogP contribution >= 0.6 is 90.4 Å². The molecule has 0 aromatic heterocycles. The van der Waals surface area contributed by atoms with Gasteiger partial charge in [-0.25, -0.2) is 0 Å². The normalized spacial score (nSPS) is 12.0. The van der Waals surface area contributed by atoms with Crippen molar-refractivity contribution in [1.82, 2.24) is 0 Å². The fourth-order valence-corrected chi connectivity index (χ4v) is 5.87. The molecule has 23 heavy (non-hydrogen) atoms. The Labute approximate surface area is 188 Å². The zero-order valence-electron chi connectivity index (χ0n) is 11.5. The highest BCUT2D eigenvalue weighted by Crippen LogP contribution is 2.34. The third kappa shape index (κ3) is 5.81. The minimum absolute atomic E-state index is 0.294. The first kappa shape index (κ1) is 19.9. The van der Waals surface area contributed by atoms with Crippen LogP contribution in [0.3, 0.4) is 0 Å². The van der Waals surface area contributed by atoms with Crippen molar-refractivity contribution in [3.8, 4) is 11.5 Å². The zero-order chi connectivity index (χ0) is 17.1. The first-order valence-electron chi connectivity index (χ1n) is 6.36. The summed E-state index contributed by atoms with van der Waals surface area (Å²) in [6, 6.07) is 8.96. The molecule has 4 nitrogen and oxygen atoms in total. The number of carbonyl (C=O) groups is 1. The molecule has 0 aliphatic rings. The van der Waals surface area contributed by atoms with Gasteiger partial charge in [-0.05, 0) is 133 Å². The van der Waals surface area contributed by atoms with E-state index < -0.39 is 12.0 Å². The minimum Gasteiger partial charge on any atom is -0.480 e. The Bertz CT molecular complexity index is 708. The van der Waals surface area contributed by atoms with Crippen molar-refractivity contribution in [2.45, 2.75) is 12.5 Å². The lowest BCUT2D eigenvalue weighted by Crippen LogP contribution is -2.32. The van der Waals surface area contributed by atoms with Crippen LogP contribution in [0.5, 0.6) is 11.5 Å². The van der Waals surface area contributed by atoms with Crippen LogP contribution in [-0.2, 0) is 11.2 Å². The molecule has 2 aromatic rings. The molecule has 2 aromatic carbocycles. The Balaban J connectivity index is 2.28. The molecule has 0 fully saturated rings. The quantitative estimate of drug-likeness (QED) is 0.428. The van der Waals surface area contributed by atoms with Crippen molar-refractivity contribution in [2.75, 3.05) is 0 Å². The maximum absolute atomic E-state index is 10.9. The molecular weight excluding hydrogens is 750 g/mol. The van der Waals surface area contributed by atoms with Gasteiger partial charge in [-0.15, -0.1) is 0 Å². The van der Waals surface area contributed by atoms with Crippen LogP contribution < -0.4 is 10.5 Å². The summed E-state index contributed by atoms with van der Waals surface area (Å²) in [7, 11) is 0. The number of nitrogens with two attached hydrogens (primary N) is 1. The fraction of sp³-hybridized carbons (Fsp3) is 0.133. The largest absolute Gasteiger partial charge is 0.480 e. The summed E-state index contributed by atoms with van der Waals surface area (Å²) in [4.78, 5) is 10.9. The predicted molar refractivity (Wildman–Crippen MR) is 123 cm³/mol. The van der Waals surface area contributed by atoms with E-state index in [4.69, 9.17) is 15.6 Å². The highest BCUT2D eigenvalue weighted by Gasteiger charge is 2.16. The number of carboxylic acid groups (broad SMARTS) is 1. The zero-order valence-corrected chi connectivity index (χ0v) is 20.2. The van der Waals surface area contributed by atoms with Gasteiger partial charge in [0.1, 0.15) is 11.8 Å². The van der Waals surface area contributed by atoms with Gasteiger partial charge in [-0.1, -0.05) is 0 Å². The SMILES string of the molecule is NC(Cc1cc(I)c(Oc2cc(I)cc(I)c2)c(I)c1)C(=O)O. The topological polar surface area (TPSA) is 72.5 Å². The van der Waals surface area contributed by atoms with Crippen molar-refractivity contribution in [1.29, 1.82) is 0 Å². The molecule has 1 atom stereocenters. The lowest BCUT2D eigenvalue weighted by Gasteiger charge is -2.14. The van der Waals surface area contributed by atoms with Gasteiger partial charge in [0, 0.05) is 7.14 Å². The van der Waals surface area contributed by atoms with Gasteiger partial charge in [0.2, 0.25) is 0 Å². The molecule has 8 heteroatoms. The van der Waals surface area contributed by atoms with Gasteiger partial charge in [-0.3, -0.25) is 4.79 Å². The molecule has 0 aliphatic carbocycles. The van der Waals surface area contributed by atoms with Gasteiger partial charge in [0.05, 0.1) is 7.14 Å². The summed E-state index contributed by atoms with van der Waals surface area (Å²) >= 11 is 8.91. The Kier molecular flexibility index (Phi) is 7.62. The third-order valence-electron chi connectivity index (χ3n) is 2.89. The van der Waals surface area contributed by atoms with Gasteiger partial charge in [0.15, 0.2) is 5.75 Å². The van der Waals surface area contributed by atoms with Crippen molar-refractivity contribution in [2.24, 2.45) is 5.73 Å². The lowest BCUT2D eigenvalue weighted by molar-refractivity contribution is -0.138. The van der Waals surface area contributed by atoms with Gasteiger partial charge in [0.25, 0.3) is 0 Å².